The molecule has 1 heterocycles. The Balaban J connectivity index is 1.91. The molecule has 1 aliphatic rings. The molecule has 2 rings (SSSR count). The normalized spacial score (nSPS) is 22.8. The van der Waals surface area contributed by atoms with Gasteiger partial charge < -0.3 is 25.8 Å². The number of hydrogen-bond donors (Lipinski definition) is 4. The fraction of sp³-hybridized carbons (Fsp3) is 0.308. The molecule has 0 radical (unpaired) electrons. The van der Waals surface area contributed by atoms with Crippen molar-refractivity contribution in [2.75, 3.05) is 5.32 Å². The summed E-state index contributed by atoms with van der Waals surface area (Å²) >= 11 is 0. The molecule has 2 amide bonds. The van der Waals surface area contributed by atoms with Gasteiger partial charge in [0.2, 0.25) is 6.23 Å². The van der Waals surface area contributed by atoms with Gasteiger partial charge >= 0.3 is 5.97 Å². The van der Waals surface area contributed by atoms with E-state index in [0.29, 0.717) is 0 Å². The van der Waals surface area contributed by atoms with Crippen LogP contribution in [-0.2, 0) is 19.1 Å². The Morgan fingerprint density at radius 3 is 2.57 bits per heavy atom. The van der Waals surface area contributed by atoms with E-state index in [2.05, 4.69) is 10.6 Å². The quantitative estimate of drug-likeness (QED) is 0.525. The van der Waals surface area contributed by atoms with E-state index in [1.165, 1.54) is 0 Å². The number of ether oxygens (including phenoxy) is 1. The fourth-order valence-electron chi connectivity index (χ4n) is 1.69. The number of aliphatic hydroxyl groups is 1. The van der Waals surface area contributed by atoms with Gasteiger partial charge in [-0.3, -0.25) is 9.59 Å². The second kappa shape index (κ2) is 6.23. The van der Waals surface area contributed by atoms with Crippen molar-refractivity contribution in [3.63, 3.8) is 0 Å². The average Bonchev–Trinajstić information content (AvgIpc) is 2.45. The van der Waals surface area contributed by atoms with Crippen LogP contribution in [0.4, 0.5) is 5.69 Å². The van der Waals surface area contributed by atoms with Gasteiger partial charge in [0, 0.05) is 5.69 Å². The molecule has 21 heavy (non-hydrogen) atoms. The lowest BCUT2D eigenvalue weighted by atomic mass is 10.2. The standard InChI is InChI=1S/C13H15N3O5/c1-7(14-8-5-3-2-4-6-8)13(20)21-12-11(19)15-9(17)10(18)16-12/h2-7,9,12,14,17H,1H3,(H,15,19)(H,16,18). The molecule has 0 aromatic heterocycles. The summed E-state index contributed by atoms with van der Waals surface area (Å²) in [6, 6.07) is 8.27. The highest BCUT2D eigenvalue weighted by Crippen LogP contribution is 2.08. The van der Waals surface area contributed by atoms with Crippen LogP contribution in [0.5, 0.6) is 0 Å². The topological polar surface area (TPSA) is 117 Å². The molecule has 0 bridgehead atoms. The predicted molar refractivity (Wildman–Crippen MR) is 71.7 cm³/mol. The van der Waals surface area contributed by atoms with Crippen LogP contribution in [0.15, 0.2) is 30.3 Å². The molecule has 112 valence electrons. The third kappa shape index (κ3) is 3.69. The third-order valence-electron chi connectivity index (χ3n) is 2.78. The number of piperazine rings is 1. The van der Waals surface area contributed by atoms with Crippen LogP contribution in [0.2, 0.25) is 0 Å². The number of anilines is 1. The highest BCUT2D eigenvalue weighted by Gasteiger charge is 2.35. The number of benzene rings is 1. The molecule has 4 N–H and O–H groups in total. The van der Waals surface area contributed by atoms with E-state index in [4.69, 9.17) is 9.84 Å². The maximum atomic E-state index is 11.9. The molecule has 8 nitrogen and oxygen atoms in total. The van der Waals surface area contributed by atoms with Crippen molar-refractivity contribution in [3.8, 4) is 0 Å². The van der Waals surface area contributed by atoms with Crippen molar-refractivity contribution in [3.05, 3.63) is 30.3 Å². The summed E-state index contributed by atoms with van der Waals surface area (Å²) in [6.45, 7) is 1.56. The van der Waals surface area contributed by atoms with Crippen molar-refractivity contribution < 1.29 is 24.2 Å². The zero-order chi connectivity index (χ0) is 15.4. The van der Waals surface area contributed by atoms with Gasteiger partial charge in [-0.1, -0.05) is 18.2 Å². The fourth-order valence-corrected chi connectivity index (χ4v) is 1.69. The highest BCUT2D eigenvalue weighted by molar-refractivity contribution is 5.96. The number of esters is 1. The lowest BCUT2D eigenvalue weighted by Crippen LogP contribution is -2.63. The monoisotopic (exact) mass is 293 g/mol. The molecule has 1 fully saturated rings. The number of para-hydroxylation sites is 1. The van der Waals surface area contributed by atoms with Crippen molar-refractivity contribution in [2.24, 2.45) is 0 Å². The molecule has 1 saturated heterocycles. The Hall–Kier alpha value is -2.61. The Kier molecular flexibility index (Phi) is 4.39. The molecule has 0 aliphatic carbocycles. The van der Waals surface area contributed by atoms with Crippen LogP contribution in [-0.4, -0.2) is 41.4 Å². The van der Waals surface area contributed by atoms with E-state index in [9.17, 15) is 14.4 Å². The first-order chi connectivity index (χ1) is 9.97. The van der Waals surface area contributed by atoms with Gasteiger partial charge in [0.05, 0.1) is 0 Å². The lowest BCUT2D eigenvalue weighted by molar-refractivity contribution is -0.167. The molecule has 1 aromatic rings. The van der Waals surface area contributed by atoms with Crippen LogP contribution in [0.1, 0.15) is 6.92 Å². The molecular formula is C13H15N3O5. The van der Waals surface area contributed by atoms with Gasteiger partial charge in [0.1, 0.15) is 6.04 Å². The number of rotatable bonds is 4. The van der Waals surface area contributed by atoms with Crippen molar-refractivity contribution in [1.82, 2.24) is 10.6 Å². The molecule has 1 aromatic carbocycles. The average molecular weight is 293 g/mol. The Bertz CT molecular complexity index is 548. The van der Waals surface area contributed by atoms with Gasteiger partial charge in [-0.25, -0.2) is 4.79 Å². The first-order valence-electron chi connectivity index (χ1n) is 6.28. The molecule has 3 unspecified atom stereocenters. The molecule has 0 spiro atoms. The van der Waals surface area contributed by atoms with E-state index in [1.54, 1.807) is 31.2 Å². The minimum absolute atomic E-state index is 0.712. The SMILES string of the molecule is CC(Nc1ccccc1)C(=O)OC1NC(=O)C(O)NC1=O. The van der Waals surface area contributed by atoms with Gasteiger partial charge in [0.15, 0.2) is 0 Å². The van der Waals surface area contributed by atoms with Crippen LogP contribution < -0.4 is 16.0 Å². The molecule has 8 heteroatoms. The van der Waals surface area contributed by atoms with E-state index < -0.39 is 36.3 Å². The van der Waals surface area contributed by atoms with Crippen LogP contribution in [0.25, 0.3) is 0 Å². The van der Waals surface area contributed by atoms with Crippen molar-refractivity contribution >= 4 is 23.5 Å². The van der Waals surface area contributed by atoms with Crippen molar-refractivity contribution in [2.45, 2.75) is 25.4 Å². The summed E-state index contributed by atoms with van der Waals surface area (Å²) in [4.78, 5) is 34.6. The molecule has 1 aliphatic heterocycles. The van der Waals surface area contributed by atoms with Crippen molar-refractivity contribution in [1.29, 1.82) is 0 Å². The van der Waals surface area contributed by atoms with Crippen LogP contribution in [0, 0.1) is 0 Å². The Morgan fingerprint density at radius 1 is 1.24 bits per heavy atom. The third-order valence-corrected chi connectivity index (χ3v) is 2.78. The van der Waals surface area contributed by atoms with Crippen LogP contribution >= 0.6 is 0 Å². The van der Waals surface area contributed by atoms with Gasteiger partial charge in [0.25, 0.3) is 18.0 Å². The number of amides is 2. The minimum Gasteiger partial charge on any atom is -0.430 e. The highest BCUT2D eigenvalue weighted by atomic mass is 16.6. The van der Waals surface area contributed by atoms with Gasteiger partial charge in [-0.15, -0.1) is 0 Å². The summed E-state index contributed by atoms with van der Waals surface area (Å²) in [5.74, 6) is -2.34. The maximum absolute atomic E-state index is 11.9. The lowest BCUT2D eigenvalue weighted by Gasteiger charge is -2.27. The Morgan fingerprint density at radius 2 is 1.90 bits per heavy atom. The smallest absolute Gasteiger partial charge is 0.330 e. The first-order valence-corrected chi connectivity index (χ1v) is 6.28. The first kappa shape index (κ1) is 14.8. The summed E-state index contributed by atoms with van der Waals surface area (Å²) < 4.78 is 4.90. The van der Waals surface area contributed by atoms with E-state index in [0.717, 1.165) is 5.69 Å². The van der Waals surface area contributed by atoms with E-state index in [-0.39, 0.29) is 0 Å². The molecule has 3 atom stereocenters. The number of nitrogens with one attached hydrogen (secondary N) is 3. The largest absolute Gasteiger partial charge is 0.430 e. The van der Waals surface area contributed by atoms with E-state index in [1.807, 2.05) is 11.4 Å². The Labute approximate surface area is 120 Å². The number of hydrogen-bond acceptors (Lipinski definition) is 6. The van der Waals surface area contributed by atoms with E-state index >= 15 is 0 Å². The number of carbonyl (C=O) groups excluding carboxylic acids is 3. The zero-order valence-electron chi connectivity index (χ0n) is 11.2. The van der Waals surface area contributed by atoms with Gasteiger partial charge in [-0.05, 0) is 19.1 Å². The summed E-state index contributed by atoms with van der Waals surface area (Å²) in [7, 11) is 0. The van der Waals surface area contributed by atoms with Crippen LogP contribution in [0.3, 0.4) is 0 Å². The zero-order valence-corrected chi connectivity index (χ0v) is 11.2. The molecular weight excluding hydrogens is 278 g/mol. The number of aliphatic hydroxyl groups excluding tert-OH is 1. The van der Waals surface area contributed by atoms with Gasteiger partial charge in [-0.2, -0.15) is 0 Å². The minimum atomic E-state index is -1.63. The maximum Gasteiger partial charge on any atom is 0.330 e. The number of carbonyl (C=O) groups is 3. The second-order valence-electron chi connectivity index (χ2n) is 4.47. The second-order valence-corrected chi connectivity index (χ2v) is 4.47. The molecule has 0 saturated carbocycles. The summed E-state index contributed by atoms with van der Waals surface area (Å²) in [6.07, 6.45) is -3.08. The summed E-state index contributed by atoms with van der Waals surface area (Å²) in [5, 5.41) is 16.1. The summed E-state index contributed by atoms with van der Waals surface area (Å²) in [5.41, 5.74) is 0.717. The predicted octanol–water partition coefficient (Wildman–Crippen LogP) is -1.08.